The molecule has 0 bridgehead atoms. The predicted molar refractivity (Wildman–Crippen MR) is 126 cm³/mol. The van der Waals surface area contributed by atoms with Crippen molar-refractivity contribution in [2.45, 2.75) is 13.8 Å². The van der Waals surface area contributed by atoms with Gasteiger partial charge in [-0.25, -0.2) is 9.07 Å². The number of anilines is 1. The molecule has 0 aliphatic heterocycles. The van der Waals surface area contributed by atoms with Gasteiger partial charge < -0.3 is 10.1 Å². The molecular weight excluding hydrogens is 421 g/mol. The summed E-state index contributed by atoms with van der Waals surface area (Å²) in [7, 11) is 1.55. The van der Waals surface area contributed by atoms with E-state index in [1.807, 2.05) is 5.92 Å². The number of aromatic nitrogens is 2. The molecule has 4 aromatic rings. The number of hydrogen-bond donors (Lipinski definition) is 1. The van der Waals surface area contributed by atoms with Gasteiger partial charge in [0.15, 0.2) is 0 Å². The van der Waals surface area contributed by atoms with Crippen LogP contribution in [0.3, 0.4) is 0 Å². The van der Waals surface area contributed by atoms with Gasteiger partial charge in [0.2, 0.25) is 0 Å². The normalized spacial score (nSPS) is 10.6. The molecule has 0 saturated carbocycles. The van der Waals surface area contributed by atoms with Gasteiger partial charge in [-0.05, 0) is 61.2 Å². The molecule has 1 aromatic heterocycles. The van der Waals surface area contributed by atoms with Gasteiger partial charge in [0.05, 0.1) is 16.6 Å². The van der Waals surface area contributed by atoms with E-state index in [0.717, 1.165) is 0 Å². The molecule has 0 spiro atoms. The number of amides is 1. The average molecular weight is 441 g/mol. The van der Waals surface area contributed by atoms with Crippen LogP contribution in [0.2, 0.25) is 0 Å². The standard InChI is InChI=1S/C26H20FN3O3/c1-5-22(31)28-20-11-8-12-21(33-25-15(2)13-17(27)14-16(25)3)23(20)24-18-9-6-7-10-19(18)26(32)30(4)29-24/h1,6-14H,2-4H3,(H,28,31). The van der Waals surface area contributed by atoms with Gasteiger partial charge in [-0.2, -0.15) is 5.10 Å². The van der Waals surface area contributed by atoms with E-state index in [-0.39, 0.29) is 11.4 Å². The minimum Gasteiger partial charge on any atom is -0.456 e. The Morgan fingerprint density at radius 3 is 2.42 bits per heavy atom. The Hall–Kier alpha value is -4.44. The Labute approximate surface area is 189 Å². The summed E-state index contributed by atoms with van der Waals surface area (Å²) in [6.45, 7) is 3.49. The van der Waals surface area contributed by atoms with Crippen LogP contribution < -0.4 is 15.6 Å². The van der Waals surface area contributed by atoms with Crippen LogP contribution in [-0.2, 0) is 11.8 Å². The number of halogens is 1. The van der Waals surface area contributed by atoms with Gasteiger partial charge in [-0.3, -0.25) is 9.59 Å². The number of fused-ring (bicyclic) bond motifs is 1. The summed E-state index contributed by atoms with van der Waals surface area (Å²) in [6.07, 6.45) is 5.27. The Kier molecular flexibility index (Phi) is 5.67. The summed E-state index contributed by atoms with van der Waals surface area (Å²) < 4.78 is 21.3. The number of aryl methyl sites for hydroxylation is 3. The molecule has 0 saturated heterocycles. The molecule has 0 unspecified atom stereocenters. The molecule has 0 aliphatic rings. The maximum atomic E-state index is 13.8. The number of carbonyl (C=O) groups is 1. The second kappa shape index (κ2) is 8.60. The van der Waals surface area contributed by atoms with E-state index >= 15 is 0 Å². The van der Waals surface area contributed by atoms with E-state index in [9.17, 15) is 14.0 Å². The maximum Gasteiger partial charge on any atom is 0.300 e. The highest BCUT2D eigenvalue weighted by molar-refractivity contribution is 6.08. The van der Waals surface area contributed by atoms with E-state index in [1.54, 1.807) is 63.4 Å². The van der Waals surface area contributed by atoms with Crippen molar-refractivity contribution in [3.63, 3.8) is 0 Å². The van der Waals surface area contributed by atoms with Crippen molar-refractivity contribution in [2.75, 3.05) is 5.32 Å². The number of nitrogens with one attached hydrogen (secondary N) is 1. The number of terminal acetylenes is 1. The molecule has 7 heteroatoms. The van der Waals surface area contributed by atoms with Gasteiger partial charge in [-0.15, -0.1) is 6.42 Å². The zero-order valence-electron chi connectivity index (χ0n) is 18.3. The van der Waals surface area contributed by atoms with E-state index in [0.29, 0.717) is 50.3 Å². The summed E-state index contributed by atoms with van der Waals surface area (Å²) in [5.74, 6) is 1.87. The highest BCUT2D eigenvalue weighted by Gasteiger charge is 2.21. The first-order valence-electron chi connectivity index (χ1n) is 10.1. The number of hydrogen-bond acceptors (Lipinski definition) is 4. The van der Waals surface area contributed by atoms with Gasteiger partial charge in [0.1, 0.15) is 23.0 Å². The third-order valence-electron chi connectivity index (χ3n) is 5.24. The van der Waals surface area contributed by atoms with Crippen molar-refractivity contribution in [2.24, 2.45) is 7.05 Å². The zero-order valence-corrected chi connectivity index (χ0v) is 18.3. The third kappa shape index (κ3) is 4.06. The average Bonchev–Trinajstić information content (AvgIpc) is 2.79. The van der Waals surface area contributed by atoms with Crippen molar-refractivity contribution in [3.8, 4) is 35.1 Å². The highest BCUT2D eigenvalue weighted by Crippen LogP contribution is 2.41. The lowest BCUT2D eigenvalue weighted by Gasteiger charge is -2.19. The Bertz CT molecular complexity index is 1490. The molecular formula is C26H20FN3O3. The first-order chi connectivity index (χ1) is 15.8. The highest BCUT2D eigenvalue weighted by atomic mass is 19.1. The van der Waals surface area contributed by atoms with Crippen LogP contribution in [0.25, 0.3) is 22.0 Å². The van der Waals surface area contributed by atoms with E-state index < -0.39 is 5.91 Å². The molecule has 0 radical (unpaired) electrons. The van der Waals surface area contributed by atoms with Gasteiger partial charge >= 0.3 is 0 Å². The molecule has 3 aromatic carbocycles. The van der Waals surface area contributed by atoms with Gasteiger partial charge in [0.25, 0.3) is 11.5 Å². The Morgan fingerprint density at radius 2 is 1.76 bits per heavy atom. The molecule has 164 valence electrons. The smallest absolute Gasteiger partial charge is 0.300 e. The molecule has 4 rings (SSSR count). The van der Waals surface area contributed by atoms with Crippen LogP contribution in [0.5, 0.6) is 11.5 Å². The molecule has 1 N–H and O–H groups in total. The van der Waals surface area contributed by atoms with Gasteiger partial charge in [0, 0.05) is 12.4 Å². The molecule has 0 fully saturated rings. The number of benzene rings is 3. The zero-order chi connectivity index (χ0) is 23.7. The fraction of sp³-hybridized carbons (Fsp3) is 0.115. The topological polar surface area (TPSA) is 73.2 Å². The molecule has 0 atom stereocenters. The lowest BCUT2D eigenvalue weighted by atomic mass is 10.0. The SMILES string of the molecule is C#CC(=O)Nc1cccc(Oc2c(C)cc(F)cc2C)c1-c1nn(C)c(=O)c2ccccc12. The molecule has 0 aliphatic carbocycles. The summed E-state index contributed by atoms with van der Waals surface area (Å²) in [6, 6.07) is 14.9. The van der Waals surface area contributed by atoms with Crippen LogP contribution in [-0.4, -0.2) is 15.7 Å². The van der Waals surface area contributed by atoms with Crippen LogP contribution in [0.1, 0.15) is 11.1 Å². The molecule has 1 amide bonds. The number of rotatable bonds is 4. The molecule has 33 heavy (non-hydrogen) atoms. The van der Waals surface area contributed by atoms with E-state index in [4.69, 9.17) is 11.2 Å². The first kappa shape index (κ1) is 21.8. The summed E-state index contributed by atoms with van der Waals surface area (Å²) in [5, 5.41) is 8.21. The lowest BCUT2D eigenvalue weighted by Crippen LogP contribution is -2.20. The maximum absolute atomic E-state index is 13.8. The Balaban J connectivity index is 2.03. The summed E-state index contributed by atoms with van der Waals surface area (Å²) in [4.78, 5) is 24.7. The summed E-state index contributed by atoms with van der Waals surface area (Å²) in [5.41, 5.74) is 2.19. The van der Waals surface area contributed by atoms with Crippen molar-refractivity contribution in [1.29, 1.82) is 0 Å². The second-order valence-corrected chi connectivity index (χ2v) is 7.57. The number of ether oxygens (including phenoxy) is 1. The number of carbonyl (C=O) groups excluding carboxylic acids is 1. The minimum atomic E-state index is -0.642. The molecule has 6 nitrogen and oxygen atoms in total. The first-order valence-corrected chi connectivity index (χ1v) is 10.1. The second-order valence-electron chi connectivity index (χ2n) is 7.57. The monoisotopic (exact) mass is 441 g/mol. The largest absolute Gasteiger partial charge is 0.456 e. The Morgan fingerprint density at radius 1 is 1.09 bits per heavy atom. The van der Waals surface area contributed by atoms with E-state index in [2.05, 4.69) is 10.4 Å². The van der Waals surface area contributed by atoms with Gasteiger partial charge in [-0.1, -0.05) is 24.3 Å². The molecule has 1 heterocycles. The van der Waals surface area contributed by atoms with Crippen molar-refractivity contribution < 1.29 is 13.9 Å². The minimum absolute atomic E-state index is 0.257. The number of nitrogens with zero attached hydrogens (tertiary/aromatic N) is 2. The lowest BCUT2D eigenvalue weighted by molar-refractivity contribution is -0.111. The van der Waals surface area contributed by atoms with Crippen molar-refractivity contribution in [1.82, 2.24) is 9.78 Å². The summed E-state index contributed by atoms with van der Waals surface area (Å²) >= 11 is 0. The van der Waals surface area contributed by atoms with Crippen LogP contribution in [0.15, 0.2) is 59.4 Å². The third-order valence-corrected chi connectivity index (χ3v) is 5.24. The van der Waals surface area contributed by atoms with Crippen molar-refractivity contribution >= 4 is 22.4 Å². The van der Waals surface area contributed by atoms with Crippen molar-refractivity contribution in [3.05, 3.63) is 81.9 Å². The quantitative estimate of drug-likeness (QED) is 0.465. The van der Waals surface area contributed by atoms with Crippen LogP contribution in [0.4, 0.5) is 10.1 Å². The fourth-order valence-corrected chi connectivity index (χ4v) is 3.78. The predicted octanol–water partition coefficient (Wildman–Crippen LogP) is 4.72. The van der Waals surface area contributed by atoms with Crippen LogP contribution >= 0.6 is 0 Å². The fourth-order valence-electron chi connectivity index (χ4n) is 3.78. The van der Waals surface area contributed by atoms with E-state index in [1.165, 1.54) is 16.8 Å². The van der Waals surface area contributed by atoms with Crippen LogP contribution in [0, 0.1) is 32.0 Å².